The second-order valence-corrected chi connectivity index (χ2v) is 10.2. The summed E-state index contributed by atoms with van der Waals surface area (Å²) in [6.45, 7) is 6.72. The van der Waals surface area contributed by atoms with Gasteiger partial charge in [0.2, 0.25) is 5.91 Å². The number of β-amino-alcohol motifs (C(OH)–C–C–N with tert-alkyl or cyclic N) is 1. The maximum absolute atomic E-state index is 12.9. The van der Waals surface area contributed by atoms with Crippen molar-refractivity contribution in [1.82, 2.24) is 14.7 Å². The third kappa shape index (κ3) is 5.11. The van der Waals surface area contributed by atoms with E-state index in [0.29, 0.717) is 28.2 Å². The molecule has 1 saturated carbocycles. The summed E-state index contributed by atoms with van der Waals surface area (Å²) in [5.41, 5.74) is 0.986. The average Bonchev–Trinajstić information content (AvgIpc) is 3.52. The summed E-state index contributed by atoms with van der Waals surface area (Å²) in [6, 6.07) is 4.93. The number of carbonyl (C=O) groups excluding carboxylic acids is 1. The van der Waals surface area contributed by atoms with Crippen molar-refractivity contribution >= 4 is 52.1 Å². The third-order valence-corrected chi connectivity index (χ3v) is 8.11. The van der Waals surface area contributed by atoms with Crippen LogP contribution in [0.15, 0.2) is 18.2 Å². The maximum Gasteiger partial charge on any atom is 0.245 e. The number of hydrogen-bond donors (Lipinski definition) is 2. The highest BCUT2D eigenvalue weighted by molar-refractivity contribution is 7.80. The van der Waals surface area contributed by atoms with E-state index >= 15 is 0 Å². The van der Waals surface area contributed by atoms with Crippen LogP contribution < -0.4 is 5.32 Å². The van der Waals surface area contributed by atoms with E-state index in [2.05, 4.69) is 10.2 Å². The summed E-state index contributed by atoms with van der Waals surface area (Å²) in [7, 11) is 0. The van der Waals surface area contributed by atoms with Crippen LogP contribution in [-0.4, -0.2) is 82.2 Å². The number of aliphatic hydroxyl groups excluding tert-OH is 1. The predicted octanol–water partition coefficient (Wildman–Crippen LogP) is 3.46. The highest BCUT2D eigenvalue weighted by Gasteiger charge is 2.51. The van der Waals surface area contributed by atoms with Crippen LogP contribution >= 0.6 is 35.4 Å². The molecule has 2 saturated heterocycles. The fourth-order valence-electron chi connectivity index (χ4n) is 4.71. The minimum Gasteiger partial charge on any atom is -0.391 e. The SMILES string of the molecule is C[C@H]1C(=O)N(CCCN2CCC3(CC3)[C@H](O)C2)CCN1C(=S)Nc1ccc(Cl)c(Cl)c1. The molecular weight excluding hydrogens is 455 g/mol. The Kier molecular flexibility index (Phi) is 6.99. The average molecular weight is 485 g/mol. The Bertz CT molecular complexity index is 851. The van der Waals surface area contributed by atoms with Crippen molar-refractivity contribution < 1.29 is 9.90 Å². The van der Waals surface area contributed by atoms with Crippen LogP contribution in [-0.2, 0) is 4.79 Å². The largest absolute Gasteiger partial charge is 0.391 e. The van der Waals surface area contributed by atoms with Gasteiger partial charge in [-0.15, -0.1) is 0 Å². The van der Waals surface area contributed by atoms with Gasteiger partial charge in [-0.3, -0.25) is 4.79 Å². The zero-order valence-corrected chi connectivity index (χ0v) is 20.1. The van der Waals surface area contributed by atoms with Gasteiger partial charge >= 0.3 is 0 Å². The summed E-state index contributed by atoms with van der Waals surface area (Å²) >= 11 is 17.6. The first-order valence-electron chi connectivity index (χ1n) is 11.0. The van der Waals surface area contributed by atoms with Gasteiger partial charge in [-0.05, 0) is 81.5 Å². The second kappa shape index (κ2) is 9.40. The lowest BCUT2D eigenvalue weighted by Crippen LogP contribution is -2.58. The van der Waals surface area contributed by atoms with Crippen LogP contribution in [0.2, 0.25) is 10.0 Å². The Hall–Kier alpha value is -1.12. The molecule has 170 valence electrons. The fourth-order valence-corrected chi connectivity index (χ4v) is 5.37. The Morgan fingerprint density at radius 3 is 2.65 bits per heavy atom. The van der Waals surface area contributed by atoms with Crippen LogP contribution in [0, 0.1) is 5.41 Å². The molecule has 0 radical (unpaired) electrons. The molecule has 0 unspecified atom stereocenters. The van der Waals surface area contributed by atoms with E-state index in [1.165, 1.54) is 12.8 Å². The summed E-state index contributed by atoms with van der Waals surface area (Å²) in [5.74, 6) is 0.0974. The first-order chi connectivity index (χ1) is 14.8. The van der Waals surface area contributed by atoms with Gasteiger partial charge in [0.1, 0.15) is 6.04 Å². The molecular formula is C22H30Cl2N4O2S. The lowest BCUT2D eigenvalue weighted by molar-refractivity contribution is -0.138. The van der Waals surface area contributed by atoms with Crippen LogP contribution in [0.3, 0.4) is 0 Å². The van der Waals surface area contributed by atoms with Gasteiger partial charge in [-0.2, -0.15) is 0 Å². The molecule has 6 nitrogen and oxygen atoms in total. The Morgan fingerprint density at radius 2 is 1.97 bits per heavy atom. The van der Waals surface area contributed by atoms with Crippen molar-refractivity contribution in [2.24, 2.45) is 5.41 Å². The number of nitrogens with zero attached hydrogens (tertiary/aromatic N) is 3. The zero-order valence-electron chi connectivity index (χ0n) is 17.8. The van der Waals surface area contributed by atoms with Gasteiger partial charge in [-0.1, -0.05) is 23.2 Å². The molecule has 0 bridgehead atoms. The lowest BCUT2D eigenvalue weighted by atomic mass is 9.90. The van der Waals surface area contributed by atoms with E-state index in [1.807, 2.05) is 22.8 Å². The molecule has 1 aliphatic carbocycles. The van der Waals surface area contributed by atoms with Crippen molar-refractivity contribution in [2.75, 3.05) is 44.6 Å². The number of rotatable bonds is 5. The van der Waals surface area contributed by atoms with Crippen LogP contribution in [0.5, 0.6) is 0 Å². The van der Waals surface area contributed by atoms with Gasteiger partial charge in [0.05, 0.1) is 16.1 Å². The van der Waals surface area contributed by atoms with Crippen molar-refractivity contribution in [3.8, 4) is 0 Å². The number of aliphatic hydroxyl groups is 1. The van der Waals surface area contributed by atoms with Crippen molar-refractivity contribution in [1.29, 1.82) is 0 Å². The number of amides is 1. The number of anilines is 1. The van der Waals surface area contributed by atoms with E-state index < -0.39 is 0 Å². The molecule has 9 heteroatoms. The van der Waals surface area contributed by atoms with Crippen LogP contribution in [0.4, 0.5) is 5.69 Å². The van der Waals surface area contributed by atoms with Crippen LogP contribution in [0.25, 0.3) is 0 Å². The van der Waals surface area contributed by atoms with Gasteiger partial charge < -0.3 is 25.1 Å². The summed E-state index contributed by atoms with van der Waals surface area (Å²) in [4.78, 5) is 19.1. The lowest BCUT2D eigenvalue weighted by Gasteiger charge is -2.41. The first kappa shape index (κ1) is 23.1. The molecule has 2 N–H and O–H groups in total. The van der Waals surface area contributed by atoms with E-state index in [0.717, 1.165) is 44.7 Å². The first-order valence-corrected chi connectivity index (χ1v) is 12.2. The molecule has 31 heavy (non-hydrogen) atoms. The zero-order chi connectivity index (χ0) is 22.2. The molecule has 2 atom stereocenters. The minimum atomic E-state index is -0.317. The number of nitrogens with one attached hydrogen (secondary N) is 1. The molecule has 0 aromatic heterocycles. The van der Waals surface area contributed by atoms with Gasteiger partial charge in [-0.25, -0.2) is 0 Å². The normalized spacial score (nSPS) is 25.7. The molecule has 3 aliphatic rings. The molecule has 2 aliphatic heterocycles. The van der Waals surface area contributed by atoms with Crippen molar-refractivity contribution in [3.63, 3.8) is 0 Å². The van der Waals surface area contributed by atoms with Crippen molar-refractivity contribution in [2.45, 2.75) is 44.8 Å². The standard InChI is InChI=1S/C22H30Cl2N4O2S/c1-15-20(30)27(9-2-8-26-10-7-22(5-6-22)19(29)14-26)11-12-28(15)21(31)25-16-3-4-17(23)18(24)13-16/h3-4,13,15,19,29H,2,5-12,14H2,1H3,(H,25,31)/t15-,19+/m0/s1. The summed E-state index contributed by atoms with van der Waals surface area (Å²) < 4.78 is 0. The van der Waals surface area contributed by atoms with E-state index in [-0.39, 0.29) is 23.5 Å². The number of halogens is 2. The Morgan fingerprint density at radius 1 is 1.19 bits per heavy atom. The summed E-state index contributed by atoms with van der Waals surface area (Å²) in [6.07, 6.45) is 4.20. The fraction of sp³-hybridized carbons (Fsp3) is 0.636. The molecule has 3 fully saturated rings. The summed E-state index contributed by atoms with van der Waals surface area (Å²) in [5, 5.41) is 15.0. The minimum absolute atomic E-state index is 0.0974. The van der Waals surface area contributed by atoms with Crippen LogP contribution in [0.1, 0.15) is 32.6 Å². The number of piperazine rings is 1. The number of thiocarbonyl (C=S) groups is 1. The molecule has 1 amide bonds. The molecule has 1 aromatic carbocycles. The number of carbonyl (C=O) groups is 1. The molecule has 2 heterocycles. The number of benzene rings is 1. The Labute approximate surface area is 199 Å². The monoisotopic (exact) mass is 484 g/mol. The Balaban J connectivity index is 1.23. The van der Waals surface area contributed by atoms with E-state index in [1.54, 1.807) is 12.1 Å². The molecule has 4 rings (SSSR count). The predicted molar refractivity (Wildman–Crippen MR) is 129 cm³/mol. The molecule has 1 aromatic rings. The third-order valence-electron chi connectivity index (χ3n) is 7.04. The van der Waals surface area contributed by atoms with Gasteiger partial charge in [0.25, 0.3) is 0 Å². The number of hydrogen-bond acceptors (Lipinski definition) is 4. The second-order valence-electron chi connectivity index (χ2n) is 9.04. The number of likely N-dealkylation sites (tertiary alicyclic amines) is 1. The number of piperidine rings is 1. The highest BCUT2D eigenvalue weighted by Crippen LogP contribution is 2.53. The van der Waals surface area contributed by atoms with E-state index in [9.17, 15) is 9.90 Å². The van der Waals surface area contributed by atoms with Gasteiger partial charge in [0.15, 0.2) is 5.11 Å². The smallest absolute Gasteiger partial charge is 0.245 e. The maximum atomic E-state index is 12.9. The van der Waals surface area contributed by atoms with E-state index in [4.69, 9.17) is 35.4 Å². The highest BCUT2D eigenvalue weighted by atomic mass is 35.5. The topological polar surface area (TPSA) is 59.1 Å². The molecule has 1 spiro atoms. The van der Waals surface area contributed by atoms with Crippen molar-refractivity contribution in [3.05, 3.63) is 28.2 Å². The quantitative estimate of drug-likeness (QED) is 0.624. The van der Waals surface area contributed by atoms with Gasteiger partial charge in [0, 0.05) is 31.9 Å².